The Hall–Kier alpha value is -2.89. The number of fused-ring (bicyclic) bond motifs is 1. The molecule has 134 valence electrons. The van der Waals surface area contributed by atoms with Crippen molar-refractivity contribution in [1.29, 1.82) is 0 Å². The maximum Gasteiger partial charge on any atom is 0.264 e. The van der Waals surface area contributed by atoms with Crippen molar-refractivity contribution in [3.05, 3.63) is 65.5 Å². The highest BCUT2D eigenvalue weighted by atomic mass is 19.1. The Balaban J connectivity index is 1.29. The molecule has 26 heavy (non-hydrogen) atoms. The largest absolute Gasteiger partial charge is 0.493 e. The van der Waals surface area contributed by atoms with Crippen molar-refractivity contribution in [2.45, 2.75) is 18.9 Å². The van der Waals surface area contributed by atoms with Crippen LogP contribution in [-0.4, -0.2) is 30.9 Å². The van der Waals surface area contributed by atoms with Crippen molar-refractivity contribution < 1.29 is 18.8 Å². The first-order valence-electron chi connectivity index (χ1n) is 8.66. The van der Waals surface area contributed by atoms with Crippen LogP contribution in [0.4, 0.5) is 4.39 Å². The zero-order valence-corrected chi connectivity index (χ0v) is 14.2. The number of hydrogen-bond acceptors (Lipinski definition) is 4. The molecule has 0 fully saturated rings. The minimum absolute atomic E-state index is 0.209. The molecular weight excluding hydrogens is 335 g/mol. The maximum absolute atomic E-state index is 13.3. The van der Waals surface area contributed by atoms with Gasteiger partial charge in [0.2, 0.25) is 6.10 Å². The van der Waals surface area contributed by atoms with Gasteiger partial charge in [-0.25, -0.2) is 4.39 Å². The number of ether oxygens (including phenoxy) is 1. The second kappa shape index (κ2) is 7.15. The van der Waals surface area contributed by atoms with Crippen LogP contribution >= 0.6 is 0 Å². The molecular formula is C20H19FN2O3. The molecule has 0 radical (unpaired) electrons. The van der Waals surface area contributed by atoms with Gasteiger partial charge in [-0.3, -0.25) is 4.79 Å². The van der Waals surface area contributed by atoms with E-state index in [9.17, 15) is 9.18 Å². The summed E-state index contributed by atoms with van der Waals surface area (Å²) in [5.74, 6) is 0.593. The summed E-state index contributed by atoms with van der Waals surface area (Å²) in [5.41, 5.74) is 2.38. The standard InChI is InChI=1S/C20H19FN2O3/c21-16-6-3-5-14(9-16)17-10-19(26-23-17)20(24)22-11-13-8-15-4-1-2-7-18(15)25-12-13/h1-7,9,13,19H,8,10-12H2,(H,22,24)/t13-,19+/m1/s1. The van der Waals surface area contributed by atoms with Crippen molar-refractivity contribution in [3.63, 3.8) is 0 Å². The van der Waals surface area contributed by atoms with E-state index >= 15 is 0 Å². The molecule has 0 aliphatic carbocycles. The van der Waals surface area contributed by atoms with Crippen molar-refractivity contribution in [1.82, 2.24) is 5.32 Å². The van der Waals surface area contributed by atoms with Crippen LogP contribution in [0.5, 0.6) is 5.75 Å². The van der Waals surface area contributed by atoms with Gasteiger partial charge in [0.15, 0.2) is 0 Å². The number of carbonyl (C=O) groups excluding carboxylic acids is 1. The van der Waals surface area contributed by atoms with E-state index in [1.54, 1.807) is 12.1 Å². The molecule has 0 unspecified atom stereocenters. The van der Waals surface area contributed by atoms with Crippen molar-refractivity contribution >= 4 is 11.6 Å². The summed E-state index contributed by atoms with van der Waals surface area (Å²) in [4.78, 5) is 17.6. The fourth-order valence-electron chi connectivity index (χ4n) is 3.24. The van der Waals surface area contributed by atoms with Crippen LogP contribution in [0, 0.1) is 11.7 Å². The smallest absolute Gasteiger partial charge is 0.264 e. The minimum atomic E-state index is -0.676. The third-order valence-electron chi connectivity index (χ3n) is 4.64. The second-order valence-corrected chi connectivity index (χ2v) is 6.58. The highest BCUT2D eigenvalue weighted by Gasteiger charge is 2.30. The Morgan fingerprint density at radius 2 is 2.08 bits per heavy atom. The molecule has 2 atom stereocenters. The second-order valence-electron chi connectivity index (χ2n) is 6.58. The molecule has 2 aromatic rings. The first-order chi connectivity index (χ1) is 12.7. The van der Waals surface area contributed by atoms with Gasteiger partial charge in [0.05, 0.1) is 12.3 Å². The van der Waals surface area contributed by atoms with E-state index in [0.29, 0.717) is 30.8 Å². The molecule has 0 spiro atoms. The highest BCUT2D eigenvalue weighted by molar-refractivity contribution is 6.04. The summed E-state index contributed by atoms with van der Waals surface area (Å²) in [6.45, 7) is 1.09. The lowest BCUT2D eigenvalue weighted by molar-refractivity contribution is -0.131. The van der Waals surface area contributed by atoms with Gasteiger partial charge in [0, 0.05) is 24.4 Å². The number of para-hydroxylation sites is 1. The Labute approximate surface area is 150 Å². The molecule has 0 aromatic heterocycles. The molecule has 1 N–H and O–H groups in total. The number of hydrogen-bond donors (Lipinski definition) is 1. The number of benzene rings is 2. The van der Waals surface area contributed by atoms with Crippen LogP contribution in [-0.2, 0) is 16.1 Å². The van der Waals surface area contributed by atoms with Crippen molar-refractivity contribution in [2.75, 3.05) is 13.2 Å². The maximum atomic E-state index is 13.3. The summed E-state index contributed by atoms with van der Waals surface area (Å²) in [5, 5.41) is 6.86. The van der Waals surface area contributed by atoms with Gasteiger partial charge < -0.3 is 14.9 Å². The van der Waals surface area contributed by atoms with Crippen molar-refractivity contribution in [3.8, 4) is 5.75 Å². The minimum Gasteiger partial charge on any atom is -0.493 e. The summed E-state index contributed by atoms with van der Waals surface area (Å²) >= 11 is 0. The average molecular weight is 354 g/mol. The van der Waals surface area contributed by atoms with E-state index in [1.165, 1.54) is 12.1 Å². The molecule has 4 rings (SSSR count). The number of rotatable bonds is 4. The molecule has 2 aliphatic rings. The molecule has 0 saturated carbocycles. The zero-order chi connectivity index (χ0) is 17.9. The van der Waals surface area contributed by atoms with Gasteiger partial charge in [-0.1, -0.05) is 35.5 Å². The SMILES string of the molecule is O=C(NC[C@@H]1COc2ccccc2C1)[C@@H]1CC(c2cccc(F)c2)=NO1. The van der Waals surface area contributed by atoms with E-state index in [4.69, 9.17) is 9.57 Å². The molecule has 2 aromatic carbocycles. The molecule has 2 aliphatic heterocycles. The summed E-state index contributed by atoms with van der Waals surface area (Å²) in [6, 6.07) is 14.1. The predicted molar refractivity (Wildman–Crippen MR) is 94.6 cm³/mol. The molecule has 5 nitrogen and oxygen atoms in total. The lowest BCUT2D eigenvalue weighted by atomic mass is 9.96. The van der Waals surface area contributed by atoms with Gasteiger partial charge in [0.25, 0.3) is 5.91 Å². The van der Waals surface area contributed by atoms with Gasteiger partial charge in [0.1, 0.15) is 11.6 Å². The van der Waals surface area contributed by atoms with Gasteiger partial charge in [-0.05, 0) is 30.2 Å². The molecule has 0 bridgehead atoms. The quantitative estimate of drug-likeness (QED) is 0.918. The van der Waals surface area contributed by atoms with E-state index < -0.39 is 6.10 Å². The van der Waals surface area contributed by atoms with Crippen LogP contribution in [0.1, 0.15) is 17.5 Å². The third-order valence-corrected chi connectivity index (χ3v) is 4.64. The number of nitrogens with one attached hydrogen (secondary N) is 1. The average Bonchev–Trinajstić information content (AvgIpc) is 3.16. The zero-order valence-electron chi connectivity index (χ0n) is 14.2. The van der Waals surface area contributed by atoms with Gasteiger partial charge in [-0.15, -0.1) is 0 Å². The summed E-state index contributed by atoms with van der Waals surface area (Å²) in [7, 11) is 0. The Morgan fingerprint density at radius 3 is 2.96 bits per heavy atom. The number of amides is 1. The van der Waals surface area contributed by atoms with E-state index in [2.05, 4.69) is 10.5 Å². The van der Waals surface area contributed by atoms with Gasteiger partial charge >= 0.3 is 0 Å². The number of halogens is 1. The van der Waals surface area contributed by atoms with Crippen LogP contribution in [0.2, 0.25) is 0 Å². The topological polar surface area (TPSA) is 59.9 Å². The first-order valence-corrected chi connectivity index (χ1v) is 8.66. The highest BCUT2D eigenvalue weighted by Crippen LogP contribution is 2.26. The third kappa shape index (κ3) is 3.54. The molecule has 1 amide bonds. The number of oxime groups is 1. The van der Waals surface area contributed by atoms with E-state index in [-0.39, 0.29) is 17.6 Å². The first kappa shape index (κ1) is 16.6. The normalized spacial score (nSPS) is 21.2. The van der Waals surface area contributed by atoms with Gasteiger partial charge in [-0.2, -0.15) is 0 Å². The van der Waals surface area contributed by atoms with E-state index in [0.717, 1.165) is 17.7 Å². The lowest BCUT2D eigenvalue weighted by Crippen LogP contribution is -2.40. The fourth-order valence-corrected chi connectivity index (χ4v) is 3.24. The predicted octanol–water partition coefficient (Wildman–Crippen LogP) is 2.69. The van der Waals surface area contributed by atoms with Crippen LogP contribution in [0.3, 0.4) is 0 Å². The van der Waals surface area contributed by atoms with Crippen LogP contribution in [0.25, 0.3) is 0 Å². The summed E-state index contributed by atoms with van der Waals surface area (Å²) in [6.07, 6.45) is 0.525. The molecule has 6 heteroatoms. The van der Waals surface area contributed by atoms with Crippen molar-refractivity contribution in [2.24, 2.45) is 11.1 Å². The van der Waals surface area contributed by atoms with Crippen LogP contribution in [0.15, 0.2) is 53.7 Å². The molecule has 2 heterocycles. The Bertz CT molecular complexity index is 852. The fraction of sp³-hybridized carbons (Fsp3) is 0.300. The molecule has 0 saturated heterocycles. The Morgan fingerprint density at radius 1 is 1.19 bits per heavy atom. The number of nitrogens with zero attached hydrogens (tertiary/aromatic N) is 1. The van der Waals surface area contributed by atoms with E-state index in [1.807, 2.05) is 24.3 Å². The monoisotopic (exact) mass is 354 g/mol. The number of carbonyl (C=O) groups is 1. The Kier molecular flexibility index (Phi) is 4.56. The van der Waals surface area contributed by atoms with Crippen LogP contribution < -0.4 is 10.1 Å². The lowest BCUT2D eigenvalue weighted by Gasteiger charge is -2.25. The summed E-state index contributed by atoms with van der Waals surface area (Å²) < 4.78 is 19.1.